The lowest BCUT2D eigenvalue weighted by atomic mass is 9.82. The van der Waals surface area contributed by atoms with Gasteiger partial charge in [0.1, 0.15) is 5.54 Å². The average Bonchev–Trinajstić information content (AvgIpc) is 2.49. The van der Waals surface area contributed by atoms with Crippen LogP contribution >= 0.6 is 23.2 Å². The van der Waals surface area contributed by atoms with E-state index < -0.39 is 5.54 Å². The molecule has 1 atom stereocenters. The summed E-state index contributed by atoms with van der Waals surface area (Å²) < 4.78 is 0. The first-order valence-corrected chi connectivity index (χ1v) is 7.19. The fourth-order valence-corrected chi connectivity index (χ4v) is 2.91. The minimum absolute atomic E-state index is 0.589. The number of halogens is 2. The molecule has 2 aromatic carbocycles. The van der Waals surface area contributed by atoms with E-state index in [0.717, 1.165) is 11.1 Å². The second kappa shape index (κ2) is 5.53. The van der Waals surface area contributed by atoms with E-state index in [9.17, 15) is 0 Å². The van der Waals surface area contributed by atoms with Gasteiger partial charge in [-0.3, -0.25) is 5.43 Å². The molecule has 0 spiro atoms. The van der Waals surface area contributed by atoms with Crippen molar-refractivity contribution in [1.82, 2.24) is 5.43 Å². The highest BCUT2D eigenvalue weighted by Crippen LogP contribution is 2.33. The van der Waals surface area contributed by atoms with Crippen molar-refractivity contribution in [2.45, 2.75) is 5.54 Å². The molecule has 5 heteroatoms. The third kappa shape index (κ3) is 2.44. The molecule has 0 fully saturated rings. The van der Waals surface area contributed by atoms with Crippen LogP contribution in [-0.2, 0) is 5.54 Å². The van der Waals surface area contributed by atoms with Crippen molar-refractivity contribution in [1.29, 1.82) is 0 Å². The molecule has 2 aromatic rings. The van der Waals surface area contributed by atoms with E-state index in [-0.39, 0.29) is 0 Å². The molecule has 0 saturated carbocycles. The van der Waals surface area contributed by atoms with Gasteiger partial charge in [0, 0.05) is 27.4 Å². The summed E-state index contributed by atoms with van der Waals surface area (Å²) in [4.78, 5) is 0. The number of hydrogen-bond donors (Lipinski definition) is 2. The summed E-state index contributed by atoms with van der Waals surface area (Å²) in [5.41, 5.74) is 10.7. The molecule has 0 bridgehead atoms. The third-order valence-electron chi connectivity index (χ3n) is 3.44. The molecule has 106 valence electrons. The monoisotopic (exact) mass is 317 g/mol. The lowest BCUT2D eigenvalue weighted by molar-refractivity contribution is 0.716. The Morgan fingerprint density at radius 3 is 2.33 bits per heavy atom. The van der Waals surface area contributed by atoms with Crippen molar-refractivity contribution in [3.05, 3.63) is 82.0 Å². The second-order valence-electron chi connectivity index (χ2n) is 4.75. The average molecular weight is 318 g/mol. The van der Waals surface area contributed by atoms with Crippen LogP contribution in [0.3, 0.4) is 0 Å². The molecule has 0 saturated heterocycles. The first-order chi connectivity index (χ1) is 10.1. The molecule has 1 unspecified atom stereocenters. The molecule has 0 aromatic heterocycles. The summed E-state index contributed by atoms with van der Waals surface area (Å²) in [6.07, 6.45) is 3.53. The predicted octanol–water partition coefficient (Wildman–Crippen LogP) is 3.67. The van der Waals surface area contributed by atoms with Crippen LogP contribution in [0.25, 0.3) is 0 Å². The maximum atomic E-state index is 6.63. The van der Waals surface area contributed by atoms with Gasteiger partial charge >= 0.3 is 0 Å². The van der Waals surface area contributed by atoms with Crippen LogP contribution < -0.4 is 11.2 Å². The standard InChI is InChI=1S/C16H13Cl2N3/c17-13-7-3-1-5-11(13)15-16(19,9-10-20-21-15)12-6-2-4-8-14(12)18/h1-10,20H,19H2. The number of nitrogens with one attached hydrogen (secondary N) is 1. The zero-order valence-corrected chi connectivity index (χ0v) is 12.6. The van der Waals surface area contributed by atoms with E-state index in [4.69, 9.17) is 28.9 Å². The lowest BCUT2D eigenvalue weighted by Crippen LogP contribution is -2.46. The highest BCUT2D eigenvalue weighted by molar-refractivity contribution is 6.35. The number of rotatable bonds is 2. The first kappa shape index (κ1) is 14.1. The van der Waals surface area contributed by atoms with E-state index in [1.54, 1.807) is 6.20 Å². The lowest BCUT2D eigenvalue weighted by Gasteiger charge is -2.31. The molecule has 1 aliphatic heterocycles. The van der Waals surface area contributed by atoms with Crippen LogP contribution in [0.5, 0.6) is 0 Å². The van der Waals surface area contributed by atoms with Crippen LogP contribution in [-0.4, -0.2) is 5.71 Å². The Balaban J connectivity index is 2.19. The molecule has 3 nitrogen and oxygen atoms in total. The second-order valence-corrected chi connectivity index (χ2v) is 5.57. The minimum Gasteiger partial charge on any atom is -0.313 e. The number of nitrogens with two attached hydrogens (primary N) is 1. The molecule has 0 amide bonds. The fourth-order valence-electron chi connectivity index (χ4n) is 2.39. The number of hydrogen-bond acceptors (Lipinski definition) is 3. The van der Waals surface area contributed by atoms with Crippen LogP contribution in [0.4, 0.5) is 0 Å². The van der Waals surface area contributed by atoms with E-state index in [0.29, 0.717) is 15.8 Å². The molecule has 3 N–H and O–H groups in total. The zero-order chi connectivity index (χ0) is 14.9. The van der Waals surface area contributed by atoms with Crippen molar-refractivity contribution < 1.29 is 0 Å². The van der Waals surface area contributed by atoms with E-state index in [2.05, 4.69) is 10.5 Å². The molecular weight excluding hydrogens is 305 g/mol. The van der Waals surface area contributed by atoms with Crippen LogP contribution in [0, 0.1) is 0 Å². The van der Waals surface area contributed by atoms with Crippen molar-refractivity contribution in [3.63, 3.8) is 0 Å². The minimum atomic E-state index is -0.936. The van der Waals surface area contributed by atoms with E-state index in [1.807, 2.05) is 54.6 Å². The quantitative estimate of drug-likeness (QED) is 0.888. The molecule has 3 rings (SSSR count). The maximum absolute atomic E-state index is 6.63. The maximum Gasteiger partial charge on any atom is 0.108 e. The summed E-state index contributed by atoms with van der Waals surface area (Å²) >= 11 is 12.6. The van der Waals surface area contributed by atoms with Gasteiger partial charge in [0.05, 0.1) is 5.71 Å². The summed E-state index contributed by atoms with van der Waals surface area (Å²) in [5, 5.41) is 5.52. The van der Waals surface area contributed by atoms with E-state index in [1.165, 1.54) is 0 Å². The van der Waals surface area contributed by atoms with Gasteiger partial charge in [-0.2, -0.15) is 5.10 Å². The normalized spacial score (nSPS) is 20.8. The van der Waals surface area contributed by atoms with Crippen molar-refractivity contribution >= 4 is 28.9 Å². The van der Waals surface area contributed by atoms with Gasteiger partial charge in [-0.05, 0) is 18.2 Å². The SMILES string of the molecule is NC1(c2ccccc2Cl)C=CNN=C1c1ccccc1Cl. The molecule has 1 heterocycles. The van der Waals surface area contributed by atoms with Gasteiger partial charge in [0.25, 0.3) is 0 Å². The van der Waals surface area contributed by atoms with E-state index >= 15 is 0 Å². The Bertz CT molecular complexity index is 740. The van der Waals surface area contributed by atoms with Gasteiger partial charge in [-0.15, -0.1) is 0 Å². The number of nitrogens with zero attached hydrogens (tertiary/aromatic N) is 1. The number of benzene rings is 2. The van der Waals surface area contributed by atoms with Gasteiger partial charge in [0.2, 0.25) is 0 Å². The molecule has 0 radical (unpaired) electrons. The Kier molecular flexibility index (Phi) is 3.72. The Morgan fingerprint density at radius 1 is 0.952 bits per heavy atom. The smallest absolute Gasteiger partial charge is 0.108 e. The molecule has 1 aliphatic rings. The summed E-state index contributed by atoms with van der Waals surface area (Å²) in [6.45, 7) is 0. The summed E-state index contributed by atoms with van der Waals surface area (Å²) in [7, 11) is 0. The van der Waals surface area contributed by atoms with Crippen LogP contribution in [0.15, 0.2) is 65.9 Å². The molecular formula is C16H13Cl2N3. The zero-order valence-electron chi connectivity index (χ0n) is 11.1. The van der Waals surface area contributed by atoms with Crippen molar-refractivity contribution in [3.8, 4) is 0 Å². The first-order valence-electron chi connectivity index (χ1n) is 6.43. The summed E-state index contributed by atoms with van der Waals surface area (Å²) in [6, 6.07) is 14.9. The summed E-state index contributed by atoms with van der Waals surface area (Å²) in [5.74, 6) is 0. The topological polar surface area (TPSA) is 50.4 Å². The Morgan fingerprint density at radius 2 is 1.62 bits per heavy atom. The third-order valence-corrected chi connectivity index (χ3v) is 4.10. The largest absolute Gasteiger partial charge is 0.313 e. The fraction of sp³-hybridized carbons (Fsp3) is 0.0625. The Labute approximate surface area is 133 Å². The predicted molar refractivity (Wildman–Crippen MR) is 87.6 cm³/mol. The van der Waals surface area contributed by atoms with Gasteiger partial charge in [-0.25, -0.2) is 0 Å². The molecule has 21 heavy (non-hydrogen) atoms. The van der Waals surface area contributed by atoms with Crippen molar-refractivity contribution in [2.75, 3.05) is 0 Å². The van der Waals surface area contributed by atoms with Gasteiger partial charge in [0.15, 0.2) is 0 Å². The van der Waals surface area contributed by atoms with Gasteiger partial charge < -0.3 is 5.73 Å². The van der Waals surface area contributed by atoms with Crippen molar-refractivity contribution in [2.24, 2.45) is 10.8 Å². The van der Waals surface area contributed by atoms with Gasteiger partial charge in [-0.1, -0.05) is 59.6 Å². The van der Waals surface area contributed by atoms with Crippen LogP contribution in [0.1, 0.15) is 11.1 Å². The Hall–Kier alpha value is -1.81. The highest BCUT2D eigenvalue weighted by atomic mass is 35.5. The molecule has 0 aliphatic carbocycles. The highest BCUT2D eigenvalue weighted by Gasteiger charge is 2.36. The number of hydrazone groups is 1. The van der Waals surface area contributed by atoms with Crippen LogP contribution in [0.2, 0.25) is 10.0 Å².